The molecule has 0 bridgehead atoms. The quantitative estimate of drug-likeness (QED) is 0.740. The van der Waals surface area contributed by atoms with Crippen LogP contribution in [0.15, 0.2) is 16.7 Å². The first-order valence-electron chi connectivity index (χ1n) is 8.16. The summed E-state index contributed by atoms with van der Waals surface area (Å²) in [5, 5.41) is 2.96. The van der Waals surface area contributed by atoms with Crippen LogP contribution in [0.5, 0.6) is 5.88 Å². The van der Waals surface area contributed by atoms with Crippen molar-refractivity contribution in [2.75, 3.05) is 6.61 Å². The Morgan fingerprint density at radius 1 is 1.33 bits per heavy atom. The smallest absolute Gasteiger partial charge is 0.408 e. The summed E-state index contributed by atoms with van der Waals surface area (Å²) in [7, 11) is 0. The number of hydrogen-bond donors (Lipinski definition) is 1. The van der Waals surface area contributed by atoms with E-state index in [-0.39, 0.29) is 0 Å². The highest BCUT2D eigenvalue weighted by Gasteiger charge is 2.31. The fraction of sp³-hybridized carbons (Fsp3) is 0.667. The Labute approximate surface area is 153 Å². The van der Waals surface area contributed by atoms with Gasteiger partial charge < -0.3 is 14.8 Å². The summed E-state index contributed by atoms with van der Waals surface area (Å²) in [5.41, 5.74) is -0.140. The molecule has 1 aromatic heterocycles. The number of carbonyl (C=O) groups excluding carboxylic acids is 1. The predicted molar refractivity (Wildman–Crippen MR) is 99.4 cm³/mol. The molecule has 0 aliphatic carbocycles. The molecule has 6 heteroatoms. The molecule has 0 saturated heterocycles. The summed E-state index contributed by atoms with van der Waals surface area (Å²) < 4.78 is 12.2. The van der Waals surface area contributed by atoms with E-state index in [1.807, 2.05) is 40.7 Å². The van der Waals surface area contributed by atoms with Crippen molar-refractivity contribution in [2.24, 2.45) is 5.92 Å². The van der Waals surface area contributed by atoms with E-state index >= 15 is 0 Å². The topological polar surface area (TPSA) is 60.5 Å². The lowest BCUT2D eigenvalue weighted by atomic mass is 9.91. The minimum atomic E-state index is -0.544. The summed E-state index contributed by atoms with van der Waals surface area (Å²) in [5.74, 6) is 0.965. The highest BCUT2D eigenvalue weighted by atomic mass is 79.9. The van der Waals surface area contributed by atoms with Crippen LogP contribution in [-0.2, 0) is 4.74 Å². The number of alkyl carbamates (subject to hydrolysis) is 1. The van der Waals surface area contributed by atoms with Crippen molar-refractivity contribution >= 4 is 22.0 Å². The van der Waals surface area contributed by atoms with Crippen molar-refractivity contribution in [2.45, 2.75) is 66.0 Å². The van der Waals surface area contributed by atoms with Crippen LogP contribution in [0.1, 0.15) is 53.5 Å². The maximum Gasteiger partial charge on any atom is 0.408 e. The van der Waals surface area contributed by atoms with E-state index in [0.29, 0.717) is 18.4 Å². The molecule has 24 heavy (non-hydrogen) atoms. The Morgan fingerprint density at radius 2 is 1.96 bits per heavy atom. The lowest BCUT2D eigenvalue weighted by Crippen LogP contribution is -2.52. The van der Waals surface area contributed by atoms with E-state index in [1.54, 1.807) is 6.20 Å². The van der Waals surface area contributed by atoms with Crippen LogP contribution in [-0.4, -0.2) is 28.8 Å². The standard InChI is InChI=1S/C18H29BrN2O3/c1-12(2)9-18(7,21-16(22)24-17(4,5)6)11-23-15-13(3)8-14(19)10-20-15/h8,10,12H,9,11H2,1-7H3,(H,21,22). The third-order valence-corrected chi connectivity index (χ3v) is 3.62. The molecule has 0 saturated carbocycles. The third-order valence-electron chi connectivity index (χ3n) is 3.19. The van der Waals surface area contributed by atoms with Crippen LogP contribution in [0.3, 0.4) is 0 Å². The Kier molecular flexibility index (Phi) is 7.08. The second kappa shape index (κ2) is 8.19. The molecule has 5 nitrogen and oxygen atoms in total. The molecular formula is C18H29BrN2O3. The fourth-order valence-corrected chi connectivity index (χ4v) is 2.95. The Morgan fingerprint density at radius 3 is 2.46 bits per heavy atom. The van der Waals surface area contributed by atoms with Gasteiger partial charge in [-0.05, 0) is 69.0 Å². The molecule has 0 aliphatic heterocycles. The van der Waals surface area contributed by atoms with Gasteiger partial charge in [-0.1, -0.05) is 13.8 Å². The molecule has 1 aromatic rings. The molecule has 1 amide bonds. The van der Waals surface area contributed by atoms with Crippen molar-refractivity contribution < 1.29 is 14.3 Å². The van der Waals surface area contributed by atoms with Crippen LogP contribution in [0.2, 0.25) is 0 Å². The van der Waals surface area contributed by atoms with Gasteiger partial charge in [-0.15, -0.1) is 0 Å². The molecule has 1 atom stereocenters. The van der Waals surface area contributed by atoms with E-state index < -0.39 is 17.2 Å². The number of pyridine rings is 1. The first kappa shape index (κ1) is 20.7. The average Bonchev–Trinajstić information content (AvgIpc) is 2.33. The molecule has 0 fully saturated rings. The zero-order chi connectivity index (χ0) is 18.5. The second-order valence-electron chi connectivity index (χ2n) is 7.85. The van der Waals surface area contributed by atoms with Crippen molar-refractivity contribution in [1.82, 2.24) is 10.3 Å². The van der Waals surface area contributed by atoms with Gasteiger partial charge in [-0.2, -0.15) is 0 Å². The van der Waals surface area contributed by atoms with Crippen LogP contribution in [0.25, 0.3) is 0 Å². The van der Waals surface area contributed by atoms with Crippen molar-refractivity contribution in [1.29, 1.82) is 0 Å². The largest absolute Gasteiger partial charge is 0.475 e. The maximum atomic E-state index is 12.2. The summed E-state index contributed by atoms with van der Waals surface area (Å²) in [6.07, 6.45) is 2.03. The molecule has 0 spiro atoms. The molecule has 0 radical (unpaired) electrons. The highest BCUT2D eigenvalue weighted by Crippen LogP contribution is 2.23. The number of nitrogens with zero attached hydrogens (tertiary/aromatic N) is 1. The average molecular weight is 401 g/mol. The van der Waals surface area contributed by atoms with E-state index in [1.165, 1.54) is 0 Å². The van der Waals surface area contributed by atoms with Crippen LogP contribution >= 0.6 is 15.9 Å². The molecule has 1 heterocycles. The van der Waals surface area contributed by atoms with Gasteiger partial charge in [0.25, 0.3) is 0 Å². The van der Waals surface area contributed by atoms with Gasteiger partial charge in [0, 0.05) is 16.2 Å². The normalized spacial score (nSPS) is 14.2. The molecule has 0 aliphatic rings. The number of carbonyl (C=O) groups is 1. The van der Waals surface area contributed by atoms with E-state index in [4.69, 9.17) is 9.47 Å². The zero-order valence-electron chi connectivity index (χ0n) is 15.7. The van der Waals surface area contributed by atoms with Crippen molar-refractivity contribution in [3.05, 3.63) is 22.3 Å². The molecular weight excluding hydrogens is 372 g/mol. The number of halogens is 1. The lowest BCUT2D eigenvalue weighted by molar-refractivity contribution is 0.0405. The van der Waals surface area contributed by atoms with Gasteiger partial charge in [0.15, 0.2) is 0 Å². The van der Waals surface area contributed by atoms with Gasteiger partial charge in [0.05, 0.1) is 5.54 Å². The molecule has 1 N–H and O–H groups in total. The van der Waals surface area contributed by atoms with Gasteiger partial charge in [0.1, 0.15) is 12.2 Å². The van der Waals surface area contributed by atoms with Crippen molar-refractivity contribution in [3.8, 4) is 5.88 Å². The van der Waals surface area contributed by atoms with Crippen molar-refractivity contribution in [3.63, 3.8) is 0 Å². The van der Waals surface area contributed by atoms with Gasteiger partial charge in [-0.25, -0.2) is 9.78 Å². The summed E-state index contributed by atoms with van der Waals surface area (Å²) in [6, 6.07) is 1.95. The van der Waals surface area contributed by atoms with Crippen LogP contribution < -0.4 is 10.1 Å². The second-order valence-corrected chi connectivity index (χ2v) is 8.77. The minimum Gasteiger partial charge on any atom is -0.475 e. The molecule has 1 rings (SSSR count). The Bertz CT molecular complexity index is 570. The van der Waals surface area contributed by atoms with E-state index in [9.17, 15) is 4.79 Å². The van der Waals surface area contributed by atoms with Crippen LogP contribution in [0.4, 0.5) is 4.79 Å². The number of amides is 1. The number of hydrogen-bond acceptors (Lipinski definition) is 4. The van der Waals surface area contributed by atoms with E-state index in [2.05, 4.69) is 40.1 Å². The summed E-state index contributed by atoms with van der Waals surface area (Å²) >= 11 is 3.39. The molecule has 1 unspecified atom stereocenters. The number of ether oxygens (including phenoxy) is 2. The predicted octanol–water partition coefficient (Wildman–Crippen LogP) is 4.86. The summed E-state index contributed by atoms with van der Waals surface area (Å²) in [4.78, 5) is 16.5. The Balaban J connectivity index is 2.81. The SMILES string of the molecule is Cc1cc(Br)cnc1OCC(C)(CC(C)C)NC(=O)OC(C)(C)C. The molecule has 136 valence electrons. The monoisotopic (exact) mass is 400 g/mol. The van der Waals surface area contributed by atoms with Gasteiger partial charge in [-0.3, -0.25) is 0 Å². The van der Waals surface area contributed by atoms with Gasteiger partial charge >= 0.3 is 6.09 Å². The fourth-order valence-electron chi connectivity index (χ4n) is 2.50. The van der Waals surface area contributed by atoms with Gasteiger partial charge in [0.2, 0.25) is 5.88 Å². The number of aryl methyl sites for hydroxylation is 1. The first-order valence-corrected chi connectivity index (χ1v) is 8.96. The lowest BCUT2D eigenvalue weighted by Gasteiger charge is -2.33. The maximum absolute atomic E-state index is 12.2. The highest BCUT2D eigenvalue weighted by molar-refractivity contribution is 9.10. The first-order chi connectivity index (χ1) is 10.9. The van der Waals surface area contributed by atoms with Crippen LogP contribution in [0, 0.1) is 12.8 Å². The Hall–Kier alpha value is -1.30. The number of nitrogens with one attached hydrogen (secondary N) is 1. The zero-order valence-corrected chi connectivity index (χ0v) is 17.3. The number of rotatable bonds is 6. The number of aromatic nitrogens is 1. The minimum absolute atomic E-state index is 0.319. The summed E-state index contributed by atoms with van der Waals surface area (Å²) in [6.45, 7) is 14.0. The third kappa shape index (κ3) is 7.51. The van der Waals surface area contributed by atoms with E-state index in [0.717, 1.165) is 16.5 Å². The molecule has 0 aromatic carbocycles.